The van der Waals surface area contributed by atoms with Crippen molar-refractivity contribution < 1.29 is 14.7 Å². The lowest BCUT2D eigenvalue weighted by Gasteiger charge is -2.34. The number of carboxylic acid groups (broad SMARTS) is 1. The Morgan fingerprint density at radius 2 is 1.95 bits per heavy atom. The second-order valence-electron chi connectivity index (χ2n) is 5.95. The molecule has 3 rings (SSSR count). The van der Waals surface area contributed by atoms with Gasteiger partial charge in [-0.1, -0.05) is 19.3 Å². The van der Waals surface area contributed by atoms with Crippen LogP contribution in [-0.4, -0.2) is 29.1 Å². The van der Waals surface area contributed by atoms with Crippen LogP contribution in [0.15, 0.2) is 18.2 Å². The third-order valence-corrected chi connectivity index (χ3v) is 4.55. The van der Waals surface area contributed by atoms with E-state index in [1.54, 1.807) is 6.07 Å². The number of aliphatic carboxylic acids is 1. The molecule has 5 nitrogen and oxygen atoms in total. The van der Waals surface area contributed by atoms with Crippen molar-refractivity contribution in [2.45, 2.75) is 44.1 Å². The Morgan fingerprint density at radius 3 is 2.67 bits per heavy atom. The molecule has 0 aromatic heterocycles. The van der Waals surface area contributed by atoms with Crippen molar-refractivity contribution in [3.05, 3.63) is 29.3 Å². The first kappa shape index (κ1) is 13.9. The smallest absolute Gasteiger partial charge is 0.329 e. The van der Waals surface area contributed by atoms with E-state index in [1.807, 2.05) is 12.1 Å². The number of hydrogen-bond acceptors (Lipinski definition) is 3. The number of benzene rings is 1. The van der Waals surface area contributed by atoms with E-state index in [4.69, 9.17) is 0 Å². The van der Waals surface area contributed by atoms with Gasteiger partial charge in [-0.3, -0.25) is 4.79 Å². The first-order valence-electron chi connectivity index (χ1n) is 7.53. The van der Waals surface area contributed by atoms with Gasteiger partial charge >= 0.3 is 5.97 Å². The molecule has 0 spiro atoms. The zero-order chi connectivity index (χ0) is 14.9. The monoisotopic (exact) mass is 288 g/mol. The Morgan fingerprint density at radius 1 is 1.19 bits per heavy atom. The van der Waals surface area contributed by atoms with Gasteiger partial charge in [0.05, 0.1) is 0 Å². The summed E-state index contributed by atoms with van der Waals surface area (Å²) >= 11 is 0. The molecular formula is C16H20N2O3. The van der Waals surface area contributed by atoms with Crippen molar-refractivity contribution in [3.63, 3.8) is 0 Å². The van der Waals surface area contributed by atoms with Gasteiger partial charge in [0.25, 0.3) is 5.91 Å². The maximum Gasteiger partial charge on any atom is 0.329 e. The van der Waals surface area contributed by atoms with Crippen LogP contribution in [0.3, 0.4) is 0 Å². The van der Waals surface area contributed by atoms with Gasteiger partial charge in [0.1, 0.15) is 5.54 Å². The summed E-state index contributed by atoms with van der Waals surface area (Å²) in [5, 5.41) is 15.5. The zero-order valence-electron chi connectivity index (χ0n) is 11.9. The summed E-state index contributed by atoms with van der Waals surface area (Å²) in [6.45, 7) is 0.888. The molecule has 1 fully saturated rings. The maximum atomic E-state index is 12.4. The molecule has 1 aliphatic carbocycles. The highest BCUT2D eigenvalue weighted by molar-refractivity contribution is 5.98. The molecule has 0 atom stereocenters. The molecule has 1 aliphatic heterocycles. The predicted octanol–water partition coefficient (Wildman–Crippen LogP) is 2.17. The minimum absolute atomic E-state index is 0.283. The van der Waals surface area contributed by atoms with E-state index in [0.29, 0.717) is 18.4 Å². The average molecular weight is 288 g/mol. The minimum atomic E-state index is -1.09. The van der Waals surface area contributed by atoms with Crippen molar-refractivity contribution in [1.82, 2.24) is 5.32 Å². The van der Waals surface area contributed by atoms with Crippen LogP contribution >= 0.6 is 0 Å². The molecule has 0 saturated heterocycles. The van der Waals surface area contributed by atoms with Crippen LogP contribution in [0.1, 0.15) is 48.0 Å². The average Bonchev–Trinajstić information content (AvgIpc) is 2.95. The van der Waals surface area contributed by atoms with Crippen LogP contribution in [0.5, 0.6) is 0 Å². The molecule has 1 amide bonds. The van der Waals surface area contributed by atoms with Crippen molar-refractivity contribution >= 4 is 17.6 Å². The molecule has 5 heteroatoms. The number of rotatable bonds is 3. The van der Waals surface area contributed by atoms with Gasteiger partial charge in [0.2, 0.25) is 0 Å². The van der Waals surface area contributed by atoms with Crippen LogP contribution in [-0.2, 0) is 11.2 Å². The number of carbonyl (C=O) groups is 2. The van der Waals surface area contributed by atoms with E-state index in [-0.39, 0.29) is 5.91 Å². The first-order valence-corrected chi connectivity index (χ1v) is 7.53. The molecule has 0 bridgehead atoms. The van der Waals surface area contributed by atoms with Gasteiger partial charge in [0, 0.05) is 17.8 Å². The number of nitrogens with one attached hydrogen (secondary N) is 2. The van der Waals surface area contributed by atoms with E-state index >= 15 is 0 Å². The quantitative estimate of drug-likeness (QED) is 0.796. The number of hydrogen-bond donors (Lipinski definition) is 3. The summed E-state index contributed by atoms with van der Waals surface area (Å²) in [5.74, 6) is -1.20. The molecule has 1 aromatic carbocycles. The molecule has 1 saturated carbocycles. The van der Waals surface area contributed by atoms with Gasteiger partial charge in [-0.25, -0.2) is 4.79 Å². The van der Waals surface area contributed by atoms with Crippen molar-refractivity contribution in [2.75, 3.05) is 11.9 Å². The van der Waals surface area contributed by atoms with Crippen LogP contribution < -0.4 is 10.6 Å². The Bertz CT molecular complexity index is 577. The molecule has 0 unspecified atom stereocenters. The molecule has 3 N–H and O–H groups in total. The van der Waals surface area contributed by atoms with Gasteiger partial charge in [-0.15, -0.1) is 0 Å². The number of amides is 1. The Labute approximate surface area is 123 Å². The number of carbonyl (C=O) groups excluding carboxylic acids is 1. The highest BCUT2D eigenvalue weighted by Gasteiger charge is 2.41. The van der Waals surface area contributed by atoms with Crippen LogP contribution in [0.2, 0.25) is 0 Å². The van der Waals surface area contributed by atoms with Gasteiger partial charge < -0.3 is 15.7 Å². The standard InChI is InChI=1S/C16H20N2O3/c19-14(12-4-5-13-11(10-12)6-9-17-13)18-16(15(20)21)7-2-1-3-8-16/h4-5,10,17H,1-3,6-9H2,(H,18,19)(H,20,21). The molecule has 1 aromatic rings. The third-order valence-electron chi connectivity index (χ3n) is 4.55. The summed E-state index contributed by atoms with van der Waals surface area (Å²) in [6, 6.07) is 5.51. The Balaban J connectivity index is 1.80. The molecule has 112 valence electrons. The van der Waals surface area contributed by atoms with E-state index in [9.17, 15) is 14.7 Å². The van der Waals surface area contributed by atoms with Gasteiger partial charge in [-0.05, 0) is 43.0 Å². The molecule has 0 radical (unpaired) electrons. The lowest BCUT2D eigenvalue weighted by molar-refractivity contribution is -0.145. The SMILES string of the molecule is O=C(NC1(C(=O)O)CCCCC1)c1ccc2c(c1)CCN2. The second-order valence-corrected chi connectivity index (χ2v) is 5.95. The van der Waals surface area contributed by atoms with Crippen molar-refractivity contribution in [2.24, 2.45) is 0 Å². The van der Waals surface area contributed by atoms with E-state index < -0.39 is 11.5 Å². The maximum absolute atomic E-state index is 12.4. The van der Waals surface area contributed by atoms with E-state index in [0.717, 1.165) is 43.5 Å². The summed E-state index contributed by atoms with van der Waals surface area (Å²) in [5.41, 5.74) is 1.64. The zero-order valence-corrected chi connectivity index (χ0v) is 11.9. The van der Waals surface area contributed by atoms with Crippen molar-refractivity contribution in [1.29, 1.82) is 0 Å². The Kier molecular flexibility index (Phi) is 3.57. The highest BCUT2D eigenvalue weighted by Crippen LogP contribution is 2.29. The van der Waals surface area contributed by atoms with E-state index in [2.05, 4.69) is 10.6 Å². The number of carboxylic acids is 1. The normalized spacial score (nSPS) is 19.4. The molecule has 2 aliphatic rings. The molecular weight excluding hydrogens is 268 g/mol. The van der Waals surface area contributed by atoms with Gasteiger partial charge in [-0.2, -0.15) is 0 Å². The fourth-order valence-electron chi connectivity index (χ4n) is 3.28. The molecule has 21 heavy (non-hydrogen) atoms. The lowest BCUT2D eigenvalue weighted by atomic mass is 9.81. The first-order chi connectivity index (χ1) is 10.1. The van der Waals surface area contributed by atoms with Crippen LogP contribution in [0.25, 0.3) is 0 Å². The fraction of sp³-hybridized carbons (Fsp3) is 0.500. The van der Waals surface area contributed by atoms with Crippen LogP contribution in [0.4, 0.5) is 5.69 Å². The topological polar surface area (TPSA) is 78.4 Å². The molecule has 1 heterocycles. The van der Waals surface area contributed by atoms with Gasteiger partial charge in [0.15, 0.2) is 0 Å². The minimum Gasteiger partial charge on any atom is -0.480 e. The summed E-state index contributed by atoms with van der Waals surface area (Å²) in [6.07, 6.45) is 4.67. The summed E-state index contributed by atoms with van der Waals surface area (Å²) < 4.78 is 0. The van der Waals surface area contributed by atoms with Crippen LogP contribution in [0, 0.1) is 0 Å². The number of fused-ring (bicyclic) bond motifs is 1. The highest BCUT2D eigenvalue weighted by atomic mass is 16.4. The van der Waals surface area contributed by atoms with E-state index in [1.165, 1.54) is 0 Å². The lowest BCUT2D eigenvalue weighted by Crippen LogP contribution is -2.55. The largest absolute Gasteiger partial charge is 0.480 e. The third kappa shape index (κ3) is 2.60. The predicted molar refractivity (Wildman–Crippen MR) is 79.6 cm³/mol. The Hall–Kier alpha value is -2.04. The summed E-state index contributed by atoms with van der Waals surface area (Å²) in [7, 11) is 0. The second kappa shape index (κ2) is 5.39. The number of anilines is 1. The fourth-order valence-corrected chi connectivity index (χ4v) is 3.28. The van der Waals surface area contributed by atoms with Crippen molar-refractivity contribution in [3.8, 4) is 0 Å². The summed E-state index contributed by atoms with van der Waals surface area (Å²) in [4.78, 5) is 24.0.